The van der Waals surface area contributed by atoms with Crippen molar-refractivity contribution in [1.82, 2.24) is 14.9 Å². The van der Waals surface area contributed by atoms with Gasteiger partial charge < -0.3 is 14.6 Å². The highest BCUT2D eigenvalue weighted by atomic mass is 16.5. The van der Waals surface area contributed by atoms with Gasteiger partial charge in [0.15, 0.2) is 0 Å². The van der Waals surface area contributed by atoms with Crippen LogP contribution in [0, 0.1) is 6.92 Å². The number of methoxy groups -OCH3 is 1. The van der Waals surface area contributed by atoms with Crippen LogP contribution in [0.2, 0.25) is 0 Å². The normalized spacial score (nSPS) is 19.0. The summed E-state index contributed by atoms with van der Waals surface area (Å²) < 4.78 is 7.47. The number of nitrogens with zero attached hydrogens (tertiary/aromatic N) is 2. The van der Waals surface area contributed by atoms with E-state index < -0.39 is 0 Å². The third-order valence-electron chi connectivity index (χ3n) is 4.00. The molecule has 3 rings (SSSR count). The van der Waals surface area contributed by atoms with Crippen molar-refractivity contribution in [3.8, 4) is 11.4 Å². The fourth-order valence-corrected chi connectivity index (χ4v) is 2.89. The van der Waals surface area contributed by atoms with Crippen molar-refractivity contribution >= 4 is 0 Å². The Balaban J connectivity index is 1.96. The van der Waals surface area contributed by atoms with E-state index in [1.54, 1.807) is 7.11 Å². The number of benzene rings is 1. The molecule has 20 heavy (non-hydrogen) atoms. The number of ether oxygens (including phenoxy) is 1. The summed E-state index contributed by atoms with van der Waals surface area (Å²) in [6, 6.07) is 6.57. The molecule has 2 heterocycles. The van der Waals surface area contributed by atoms with Crippen molar-refractivity contribution in [3.63, 3.8) is 0 Å². The smallest absolute Gasteiger partial charge is 0.119 e. The predicted molar refractivity (Wildman–Crippen MR) is 79.4 cm³/mol. The minimum Gasteiger partial charge on any atom is -0.497 e. The number of imidazole rings is 1. The maximum atomic E-state index is 5.28. The number of aryl methyl sites for hydroxylation is 1. The second kappa shape index (κ2) is 5.67. The van der Waals surface area contributed by atoms with Gasteiger partial charge in [-0.3, -0.25) is 0 Å². The first-order valence-electron chi connectivity index (χ1n) is 7.20. The molecule has 1 aromatic carbocycles. The second-order valence-electron chi connectivity index (χ2n) is 5.34. The summed E-state index contributed by atoms with van der Waals surface area (Å²) in [6.07, 6.45) is 7.62. The minimum absolute atomic E-state index is 0.410. The average molecular weight is 271 g/mol. The third kappa shape index (κ3) is 2.43. The van der Waals surface area contributed by atoms with Crippen molar-refractivity contribution in [1.29, 1.82) is 0 Å². The molecule has 1 aromatic heterocycles. The number of hydrogen-bond acceptors (Lipinski definition) is 3. The molecule has 1 atom stereocenters. The largest absolute Gasteiger partial charge is 0.497 e. The van der Waals surface area contributed by atoms with Crippen LogP contribution in [0.25, 0.3) is 5.69 Å². The van der Waals surface area contributed by atoms with Crippen LogP contribution in [0.5, 0.6) is 5.75 Å². The molecule has 0 radical (unpaired) electrons. The van der Waals surface area contributed by atoms with Crippen molar-refractivity contribution in [2.24, 2.45) is 0 Å². The Morgan fingerprint density at radius 1 is 1.35 bits per heavy atom. The molecule has 0 bridgehead atoms. The van der Waals surface area contributed by atoms with Crippen LogP contribution in [0.1, 0.15) is 36.6 Å². The summed E-state index contributed by atoms with van der Waals surface area (Å²) in [7, 11) is 1.70. The summed E-state index contributed by atoms with van der Waals surface area (Å²) in [5.41, 5.74) is 3.61. The molecule has 1 aliphatic heterocycles. The zero-order chi connectivity index (χ0) is 13.9. The van der Waals surface area contributed by atoms with Crippen molar-refractivity contribution < 1.29 is 4.74 Å². The lowest BCUT2D eigenvalue weighted by atomic mass is 10.0. The molecular formula is C16H21N3O. The van der Waals surface area contributed by atoms with E-state index in [2.05, 4.69) is 33.9 Å². The molecule has 1 aliphatic rings. The topological polar surface area (TPSA) is 39.1 Å². The Hall–Kier alpha value is -1.81. The minimum atomic E-state index is 0.410. The fourth-order valence-electron chi connectivity index (χ4n) is 2.89. The van der Waals surface area contributed by atoms with E-state index in [0.29, 0.717) is 6.04 Å². The first-order valence-corrected chi connectivity index (χ1v) is 7.20. The van der Waals surface area contributed by atoms with Gasteiger partial charge in [-0.1, -0.05) is 6.42 Å². The predicted octanol–water partition coefficient (Wildman–Crippen LogP) is 3.00. The zero-order valence-corrected chi connectivity index (χ0v) is 12.1. The summed E-state index contributed by atoms with van der Waals surface area (Å²) in [4.78, 5) is 4.35. The van der Waals surface area contributed by atoms with Gasteiger partial charge in [0.1, 0.15) is 5.75 Å². The van der Waals surface area contributed by atoms with Crippen LogP contribution in [0.15, 0.2) is 30.7 Å². The Bertz CT molecular complexity index is 585. The Morgan fingerprint density at radius 2 is 2.25 bits per heavy atom. The fraction of sp³-hybridized carbons (Fsp3) is 0.438. The summed E-state index contributed by atoms with van der Waals surface area (Å²) in [5, 5.41) is 3.59. The number of hydrogen-bond donors (Lipinski definition) is 1. The van der Waals surface area contributed by atoms with E-state index in [9.17, 15) is 0 Å². The lowest BCUT2D eigenvalue weighted by Gasteiger charge is -2.25. The number of aromatic nitrogens is 2. The molecule has 0 spiro atoms. The van der Waals surface area contributed by atoms with E-state index in [-0.39, 0.29) is 0 Å². The van der Waals surface area contributed by atoms with Crippen LogP contribution in [0.3, 0.4) is 0 Å². The molecule has 0 amide bonds. The molecule has 106 valence electrons. The Morgan fingerprint density at radius 3 is 2.95 bits per heavy atom. The van der Waals surface area contributed by atoms with Crippen LogP contribution >= 0.6 is 0 Å². The lowest BCUT2D eigenvalue weighted by molar-refractivity contribution is 0.401. The molecule has 4 heteroatoms. The molecular weight excluding hydrogens is 250 g/mol. The quantitative estimate of drug-likeness (QED) is 0.932. The van der Waals surface area contributed by atoms with Crippen LogP contribution in [-0.4, -0.2) is 23.2 Å². The molecule has 0 aliphatic carbocycles. The van der Waals surface area contributed by atoms with Crippen molar-refractivity contribution in [2.75, 3.05) is 13.7 Å². The SMILES string of the molecule is COc1ccc(-n2cncc2C2CCCCN2)c(C)c1. The number of nitrogens with one attached hydrogen (secondary N) is 1. The van der Waals surface area contributed by atoms with Crippen molar-refractivity contribution in [2.45, 2.75) is 32.2 Å². The molecule has 1 saturated heterocycles. The molecule has 1 fully saturated rings. The number of rotatable bonds is 3. The van der Waals surface area contributed by atoms with E-state index in [1.165, 1.54) is 36.2 Å². The maximum Gasteiger partial charge on any atom is 0.119 e. The van der Waals surface area contributed by atoms with Gasteiger partial charge in [0.2, 0.25) is 0 Å². The average Bonchev–Trinajstić information content (AvgIpc) is 2.97. The van der Waals surface area contributed by atoms with Crippen molar-refractivity contribution in [3.05, 3.63) is 42.0 Å². The Labute approximate surface area is 119 Å². The highest BCUT2D eigenvalue weighted by Crippen LogP contribution is 2.27. The molecule has 4 nitrogen and oxygen atoms in total. The monoisotopic (exact) mass is 271 g/mol. The van der Waals surface area contributed by atoms with Gasteiger partial charge >= 0.3 is 0 Å². The van der Waals surface area contributed by atoms with Gasteiger partial charge in [0, 0.05) is 6.04 Å². The van der Waals surface area contributed by atoms with Gasteiger partial charge in [-0.2, -0.15) is 0 Å². The van der Waals surface area contributed by atoms with Gasteiger partial charge in [0.25, 0.3) is 0 Å². The van der Waals surface area contributed by atoms with E-state index in [1.807, 2.05) is 18.6 Å². The summed E-state index contributed by atoms with van der Waals surface area (Å²) in [5.74, 6) is 0.892. The molecule has 1 unspecified atom stereocenters. The third-order valence-corrected chi connectivity index (χ3v) is 4.00. The van der Waals surface area contributed by atoms with Gasteiger partial charge in [-0.25, -0.2) is 4.98 Å². The molecule has 0 saturated carbocycles. The van der Waals surface area contributed by atoms with Crippen LogP contribution in [0.4, 0.5) is 0 Å². The van der Waals surface area contributed by atoms with E-state index >= 15 is 0 Å². The zero-order valence-electron chi connectivity index (χ0n) is 12.1. The van der Waals surface area contributed by atoms with Crippen LogP contribution in [-0.2, 0) is 0 Å². The van der Waals surface area contributed by atoms with Crippen LogP contribution < -0.4 is 10.1 Å². The highest BCUT2D eigenvalue weighted by molar-refractivity contribution is 5.46. The summed E-state index contributed by atoms with van der Waals surface area (Å²) >= 11 is 0. The second-order valence-corrected chi connectivity index (χ2v) is 5.34. The van der Waals surface area contributed by atoms with E-state index in [4.69, 9.17) is 4.74 Å². The molecule has 2 aromatic rings. The van der Waals surface area contributed by atoms with Gasteiger partial charge in [0.05, 0.1) is 31.0 Å². The highest BCUT2D eigenvalue weighted by Gasteiger charge is 2.19. The lowest BCUT2D eigenvalue weighted by Crippen LogP contribution is -2.28. The maximum absolute atomic E-state index is 5.28. The Kier molecular flexibility index (Phi) is 3.74. The van der Waals surface area contributed by atoms with Gasteiger partial charge in [-0.05, 0) is 50.1 Å². The number of piperidine rings is 1. The first-order chi connectivity index (χ1) is 9.79. The van der Waals surface area contributed by atoms with E-state index in [0.717, 1.165) is 12.3 Å². The molecule has 1 N–H and O–H groups in total. The summed E-state index contributed by atoms with van der Waals surface area (Å²) in [6.45, 7) is 3.20. The first kappa shape index (κ1) is 13.2. The van der Waals surface area contributed by atoms with Gasteiger partial charge in [-0.15, -0.1) is 0 Å². The standard InChI is InChI=1S/C16H21N3O/c1-12-9-13(20-2)6-7-15(12)19-11-17-10-16(19)14-5-3-4-8-18-14/h6-7,9-11,14,18H,3-5,8H2,1-2H3.